The van der Waals surface area contributed by atoms with E-state index in [1.165, 1.54) is 11.1 Å². The van der Waals surface area contributed by atoms with Crippen molar-refractivity contribution in [2.24, 2.45) is 0 Å². The van der Waals surface area contributed by atoms with Crippen LogP contribution in [0.5, 0.6) is 0 Å². The van der Waals surface area contributed by atoms with E-state index in [1.807, 2.05) is 72.1 Å². The van der Waals surface area contributed by atoms with Gasteiger partial charge in [-0.05, 0) is 28.7 Å². The van der Waals surface area contributed by atoms with Crippen molar-refractivity contribution in [3.63, 3.8) is 0 Å². The molecule has 6 heteroatoms. The van der Waals surface area contributed by atoms with Crippen molar-refractivity contribution >= 4 is 29.4 Å². The molecule has 0 unspecified atom stereocenters. The molecule has 4 nitrogen and oxygen atoms in total. The lowest BCUT2D eigenvalue weighted by Crippen LogP contribution is -2.47. The van der Waals surface area contributed by atoms with Crippen LogP contribution in [0.15, 0.2) is 121 Å². The number of rotatable bonds is 17. The summed E-state index contributed by atoms with van der Waals surface area (Å²) in [6.07, 6.45) is 0.535. The molecular formula is C35H39NO3S2. The van der Waals surface area contributed by atoms with E-state index in [4.69, 9.17) is 9.47 Å². The minimum absolute atomic E-state index is 0.0861. The van der Waals surface area contributed by atoms with Crippen LogP contribution < -0.4 is 5.32 Å². The molecule has 0 bridgehead atoms. The van der Waals surface area contributed by atoms with Gasteiger partial charge in [0.25, 0.3) is 0 Å². The van der Waals surface area contributed by atoms with E-state index in [9.17, 15) is 4.79 Å². The number of hydrogen-bond donors (Lipinski definition) is 1. The fraction of sp³-hybridized carbons (Fsp3) is 0.286. The average molecular weight is 586 g/mol. The molecule has 0 aliphatic heterocycles. The summed E-state index contributed by atoms with van der Waals surface area (Å²) in [5, 5.41) is 3.15. The largest absolute Gasteiger partial charge is 0.375 e. The number of nitrogens with one attached hydrogen (secondary N) is 1. The molecule has 0 aliphatic carbocycles. The van der Waals surface area contributed by atoms with Gasteiger partial charge in [-0.3, -0.25) is 4.79 Å². The van der Waals surface area contributed by atoms with Gasteiger partial charge in [-0.15, -0.1) is 23.5 Å². The molecule has 0 saturated carbocycles. The maximum absolute atomic E-state index is 12.3. The number of carbonyl (C=O) groups is 1. The highest BCUT2D eigenvalue weighted by molar-refractivity contribution is 8.16. The molecule has 0 fully saturated rings. The van der Waals surface area contributed by atoms with E-state index in [2.05, 4.69) is 78.1 Å². The Kier molecular flexibility index (Phi) is 13.4. The van der Waals surface area contributed by atoms with Crippen molar-refractivity contribution in [3.8, 4) is 0 Å². The Labute approximate surface area is 253 Å². The topological polar surface area (TPSA) is 47.6 Å². The zero-order valence-corrected chi connectivity index (χ0v) is 25.2. The summed E-state index contributed by atoms with van der Waals surface area (Å²) < 4.78 is 13.0. The first-order chi connectivity index (χ1) is 20.2. The number of amides is 1. The van der Waals surface area contributed by atoms with Gasteiger partial charge in [0.1, 0.15) is 0 Å². The number of ether oxygens (including phenoxy) is 2. The minimum Gasteiger partial charge on any atom is -0.375 e. The molecule has 0 saturated heterocycles. The van der Waals surface area contributed by atoms with Crippen molar-refractivity contribution in [1.29, 1.82) is 0 Å². The van der Waals surface area contributed by atoms with Crippen molar-refractivity contribution in [1.82, 2.24) is 5.32 Å². The van der Waals surface area contributed by atoms with E-state index < -0.39 is 0 Å². The Bertz CT molecular complexity index is 1220. The van der Waals surface area contributed by atoms with Crippen LogP contribution in [0.1, 0.15) is 35.6 Å². The number of carbonyl (C=O) groups excluding carboxylic acids is 1. The van der Waals surface area contributed by atoms with E-state index >= 15 is 0 Å². The van der Waals surface area contributed by atoms with E-state index in [0.29, 0.717) is 19.8 Å². The molecular weight excluding hydrogens is 547 g/mol. The lowest BCUT2D eigenvalue weighted by atomic mass is 10.1. The lowest BCUT2D eigenvalue weighted by molar-refractivity contribution is -0.122. The average Bonchev–Trinajstić information content (AvgIpc) is 3.01. The summed E-state index contributed by atoms with van der Waals surface area (Å²) in [6.45, 7) is 2.88. The van der Waals surface area contributed by atoms with Crippen LogP contribution in [0.2, 0.25) is 0 Å². The van der Waals surface area contributed by atoms with Crippen LogP contribution >= 0.6 is 23.5 Å². The van der Waals surface area contributed by atoms with Gasteiger partial charge in [0.2, 0.25) is 5.91 Å². The quantitative estimate of drug-likeness (QED) is 0.128. The van der Waals surface area contributed by atoms with Crippen LogP contribution in [0.3, 0.4) is 0 Å². The lowest BCUT2D eigenvalue weighted by Gasteiger charge is -2.31. The minimum atomic E-state index is -0.280. The Morgan fingerprint density at radius 2 is 1.10 bits per heavy atom. The molecule has 0 spiro atoms. The summed E-state index contributed by atoms with van der Waals surface area (Å²) in [5.74, 6) is 1.74. The van der Waals surface area contributed by atoms with Gasteiger partial charge < -0.3 is 14.8 Å². The van der Waals surface area contributed by atoms with E-state index in [-0.39, 0.29) is 22.6 Å². The molecule has 0 aliphatic rings. The smallest absolute Gasteiger partial charge is 0.217 e. The van der Waals surface area contributed by atoms with Crippen molar-refractivity contribution in [3.05, 3.63) is 144 Å². The molecule has 0 radical (unpaired) electrons. The third kappa shape index (κ3) is 11.8. The van der Waals surface area contributed by atoms with Crippen LogP contribution in [-0.2, 0) is 39.0 Å². The molecule has 2 atom stereocenters. The SMILES string of the molecule is CC(=O)N[C@H](COCc1ccccc1)[C@H](CC(SCc1ccccc1)SCc1ccccc1)OCc1ccccc1. The number of hydrogen-bond acceptors (Lipinski definition) is 5. The zero-order chi connectivity index (χ0) is 28.5. The third-order valence-corrected chi connectivity index (χ3v) is 9.48. The van der Waals surface area contributed by atoms with Crippen LogP contribution in [-0.4, -0.2) is 29.2 Å². The molecule has 1 amide bonds. The Morgan fingerprint density at radius 3 is 1.56 bits per heavy atom. The van der Waals surface area contributed by atoms with Gasteiger partial charge in [-0.1, -0.05) is 121 Å². The van der Waals surface area contributed by atoms with Gasteiger partial charge in [-0.25, -0.2) is 0 Å². The molecule has 0 heterocycles. The Balaban J connectivity index is 1.50. The fourth-order valence-electron chi connectivity index (χ4n) is 4.41. The number of benzene rings is 4. The maximum atomic E-state index is 12.3. The van der Waals surface area contributed by atoms with Crippen molar-refractivity contribution in [2.45, 2.75) is 54.8 Å². The highest BCUT2D eigenvalue weighted by atomic mass is 32.2. The zero-order valence-electron chi connectivity index (χ0n) is 23.6. The second-order valence-electron chi connectivity index (χ2n) is 9.90. The summed E-state index contributed by atoms with van der Waals surface area (Å²) >= 11 is 3.86. The Morgan fingerprint density at radius 1 is 0.659 bits per heavy atom. The standard InChI is InChI=1S/C35H39NO3S2/c1-28(37)36-33(25-38-23-29-14-6-2-7-15-29)34(39-24-30-16-8-3-9-17-30)22-35(40-26-31-18-10-4-11-19-31)41-27-32-20-12-5-13-21-32/h2-21,33-35H,22-27H2,1H3,(H,36,37)/t33-,34+/m1/s1. The van der Waals surface area contributed by atoms with Gasteiger partial charge in [0.15, 0.2) is 0 Å². The molecule has 4 aromatic rings. The first-order valence-electron chi connectivity index (χ1n) is 14.0. The van der Waals surface area contributed by atoms with Gasteiger partial charge in [0.05, 0.1) is 36.5 Å². The van der Waals surface area contributed by atoms with Crippen LogP contribution in [0.25, 0.3) is 0 Å². The van der Waals surface area contributed by atoms with Crippen LogP contribution in [0, 0.1) is 0 Å². The highest BCUT2D eigenvalue weighted by Crippen LogP contribution is 2.34. The van der Waals surface area contributed by atoms with Crippen molar-refractivity contribution < 1.29 is 14.3 Å². The summed E-state index contributed by atoms with van der Waals surface area (Å²) in [6, 6.07) is 41.2. The molecule has 4 aromatic carbocycles. The second-order valence-corrected chi connectivity index (χ2v) is 12.6. The Hall–Kier alpha value is -3.03. The van der Waals surface area contributed by atoms with Gasteiger partial charge >= 0.3 is 0 Å². The molecule has 41 heavy (non-hydrogen) atoms. The number of thioether (sulfide) groups is 2. The van der Waals surface area contributed by atoms with Gasteiger partial charge in [0, 0.05) is 18.4 Å². The highest BCUT2D eigenvalue weighted by Gasteiger charge is 2.28. The third-order valence-electron chi connectivity index (χ3n) is 6.54. The molecule has 214 valence electrons. The van der Waals surface area contributed by atoms with Crippen LogP contribution in [0.4, 0.5) is 0 Å². The first-order valence-corrected chi connectivity index (χ1v) is 16.1. The predicted molar refractivity (Wildman–Crippen MR) is 173 cm³/mol. The fourth-order valence-corrected chi connectivity index (χ4v) is 6.99. The molecule has 1 N–H and O–H groups in total. The summed E-state index contributed by atoms with van der Waals surface area (Å²) in [5.41, 5.74) is 4.81. The normalized spacial score (nSPS) is 12.6. The van der Waals surface area contributed by atoms with E-state index in [0.717, 1.165) is 29.1 Å². The monoisotopic (exact) mass is 585 g/mol. The molecule has 4 rings (SSSR count). The van der Waals surface area contributed by atoms with E-state index in [1.54, 1.807) is 6.92 Å². The first kappa shape index (κ1) is 30.9. The predicted octanol–water partition coefficient (Wildman–Crippen LogP) is 7.88. The second kappa shape index (κ2) is 17.7. The van der Waals surface area contributed by atoms with Crippen molar-refractivity contribution in [2.75, 3.05) is 6.61 Å². The van der Waals surface area contributed by atoms with Gasteiger partial charge in [-0.2, -0.15) is 0 Å². The maximum Gasteiger partial charge on any atom is 0.217 e. The summed E-state index contributed by atoms with van der Waals surface area (Å²) in [7, 11) is 0. The molecule has 0 aromatic heterocycles. The summed E-state index contributed by atoms with van der Waals surface area (Å²) in [4.78, 5) is 12.3.